The van der Waals surface area contributed by atoms with E-state index in [1.807, 2.05) is 12.1 Å². The van der Waals surface area contributed by atoms with Crippen LogP contribution in [0.2, 0.25) is 0 Å². The van der Waals surface area contributed by atoms with Gasteiger partial charge in [-0.3, -0.25) is 4.90 Å². The molecule has 1 aliphatic carbocycles. The van der Waals surface area contributed by atoms with Crippen molar-refractivity contribution in [1.82, 2.24) is 10.2 Å². The molecule has 2 aliphatic rings. The fourth-order valence-corrected chi connectivity index (χ4v) is 3.21. The normalized spacial score (nSPS) is 23.6. The number of ether oxygens (including phenoxy) is 2. The minimum Gasteiger partial charge on any atom is -0.497 e. The topological polar surface area (TPSA) is 33.7 Å². The summed E-state index contributed by atoms with van der Waals surface area (Å²) in [6.45, 7) is 4.42. The van der Waals surface area contributed by atoms with Crippen LogP contribution in [0.3, 0.4) is 0 Å². The molecule has 0 amide bonds. The van der Waals surface area contributed by atoms with Gasteiger partial charge in [0.25, 0.3) is 0 Å². The summed E-state index contributed by atoms with van der Waals surface area (Å²) >= 11 is 0. The van der Waals surface area contributed by atoms with Crippen molar-refractivity contribution in [3.63, 3.8) is 0 Å². The minimum atomic E-state index is 0.678. The van der Waals surface area contributed by atoms with Crippen LogP contribution in [-0.2, 0) is 6.54 Å². The molecule has 1 saturated heterocycles. The first-order valence-corrected chi connectivity index (χ1v) is 7.97. The van der Waals surface area contributed by atoms with Crippen molar-refractivity contribution in [2.75, 3.05) is 33.9 Å². The van der Waals surface area contributed by atoms with Crippen molar-refractivity contribution in [3.8, 4) is 11.5 Å². The van der Waals surface area contributed by atoms with Crippen LogP contribution in [0.4, 0.5) is 0 Å². The molecule has 1 N–H and O–H groups in total. The number of methoxy groups -OCH3 is 2. The summed E-state index contributed by atoms with van der Waals surface area (Å²) in [6.07, 6.45) is 4.02. The van der Waals surface area contributed by atoms with E-state index in [1.54, 1.807) is 14.2 Å². The molecule has 0 aromatic heterocycles. The van der Waals surface area contributed by atoms with Gasteiger partial charge < -0.3 is 14.8 Å². The van der Waals surface area contributed by atoms with Crippen molar-refractivity contribution in [2.24, 2.45) is 5.92 Å². The first kappa shape index (κ1) is 14.7. The molecule has 0 bridgehead atoms. The molecule has 1 aliphatic heterocycles. The van der Waals surface area contributed by atoms with Gasteiger partial charge in [0.05, 0.1) is 14.2 Å². The van der Waals surface area contributed by atoms with Crippen LogP contribution in [0, 0.1) is 5.92 Å². The predicted molar refractivity (Wildman–Crippen MR) is 84.0 cm³/mol. The summed E-state index contributed by atoms with van der Waals surface area (Å²) in [5.41, 5.74) is 1.25. The average Bonchev–Trinajstić information content (AvgIpc) is 3.34. The highest BCUT2D eigenvalue weighted by molar-refractivity contribution is 5.40. The zero-order chi connectivity index (χ0) is 14.7. The fourth-order valence-electron chi connectivity index (χ4n) is 3.21. The predicted octanol–water partition coefficient (Wildman–Crippen LogP) is 2.28. The molecular formula is C17H26N2O2. The average molecular weight is 290 g/mol. The van der Waals surface area contributed by atoms with Crippen LogP contribution in [0.25, 0.3) is 0 Å². The highest BCUT2D eigenvalue weighted by Crippen LogP contribution is 2.34. The third-order valence-electron chi connectivity index (χ3n) is 4.59. The summed E-state index contributed by atoms with van der Waals surface area (Å²) in [5.74, 6) is 2.68. The molecule has 0 spiro atoms. The molecule has 1 unspecified atom stereocenters. The molecule has 116 valence electrons. The van der Waals surface area contributed by atoms with Gasteiger partial charge >= 0.3 is 0 Å². The number of benzene rings is 1. The lowest BCUT2D eigenvalue weighted by Gasteiger charge is -2.25. The Hall–Kier alpha value is -1.26. The maximum absolute atomic E-state index is 5.52. The SMILES string of the molecule is COc1ccc(CN2CCCNC(C3CC3)C2)c(OC)c1. The zero-order valence-electron chi connectivity index (χ0n) is 13.1. The fraction of sp³-hybridized carbons (Fsp3) is 0.647. The van der Waals surface area contributed by atoms with Crippen LogP contribution in [0.1, 0.15) is 24.8 Å². The molecule has 1 saturated carbocycles. The molecule has 1 atom stereocenters. The Kier molecular flexibility index (Phi) is 4.66. The highest BCUT2D eigenvalue weighted by atomic mass is 16.5. The maximum atomic E-state index is 5.52. The number of nitrogens with zero attached hydrogens (tertiary/aromatic N) is 1. The minimum absolute atomic E-state index is 0.678. The van der Waals surface area contributed by atoms with Crippen molar-refractivity contribution in [2.45, 2.75) is 31.8 Å². The molecule has 4 nitrogen and oxygen atoms in total. The van der Waals surface area contributed by atoms with E-state index in [0.29, 0.717) is 6.04 Å². The first-order chi connectivity index (χ1) is 10.3. The summed E-state index contributed by atoms with van der Waals surface area (Å²) in [4.78, 5) is 2.56. The maximum Gasteiger partial charge on any atom is 0.127 e. The van der Waals surface area contributed by atoms with Gasteiger partial charge in [-0.2, -0.15) is 0 Å². The van der Waals surface area contributed by atoms with E-state index in [0.717, 1.165) is 43.6 Å². The Morgan fingerprint density at radius 1 is 1.24 bits per heavy atom. The molecule has 3 rings (SSSR count). The van der Waals surface area contributed by atoms with Crippen molar-refractivity contribution in [3.05, 3.63) is 23.8 Å². The molecule has 1 aromatic rings. The van der Waals surface area contributed by atoms with Crippen LogP contribution in [0.15, 0.2) is 18.2 Å². The standard InChI is InChI=1S/C17H26N2O2/c1-20-15-7-6-14(17(10-15)21-2)11-19-9-3-8-18-16(12-19)13-4-5-13/h6-7,10,13,16,18H,3-5,8-9,11-12H2,1-2H3. The summed E-state index contributed by atoms with van der Waals surface area (Å²) in [5, 5.41) is 3.71. The number of nitrogens with one attached hydrogen (secondary N) is 1. The van der Waals surface area contributed by atoms with Crippen molar-refractivity contribution in [1.29, 1.82) is 0 Å². The van der Waals surface area contributed by atoms with Gasteiger partial charge in [-0.05, 0) is 44.3 Å². The molecule has 0 radical (unpaired) electrons. The third kappa shape index (κ3) is 3.69. The molecule has 1 aromatic carbocycles. The molecule has 21 heavy (non-hydrogen) atoms. The Morgan fingerprint density at radius 2 is 2.10 bits per heavy atom. The second kappa shape index (κ2) is 6.67. The van der Waals surface area contributed by atoms with Crippen molar-refractivity contribution >= 4 is 0 Å². The van der Waals surface area contributed by atoms with Crippen LogP contribution >= 0.6 is 0 Å². The number of hydrogen-bond donors (Lipinski definition) is 1. The quantitative estimate of drug-likeness (QED) is 0.902. The summed E-state index contributed by atoms with van der Waals surface area (Å²) < 4.78 is 10.8. The van der Waals surface area contributed by atoms with Gasteiger partial charge in [-0.15, -0.1) is 0 Å². The Bertz CT molecular complexity index is 474. The largest absolute Gasteiger partial charge is 0.497 e. The lowest BCUT2D eigenvalue weighted by Crippen LogP contribution is -2.39. The molecular weight excluding hydrogens is 264 g/mol. The molecule has 4 heteroatoms. The zero-order valence-corrected chi connectivity index (χ0v) is 13.1. The van der Waals surface area contributed by atoms with Gasteiger partial charge in [0.15, 0.2) is 0 Å². The Morgan fingerprint density at radius 3 is 2.81 bits per heavy atom. The van der Waals surface area contributed by atoms with E-state index in [9.17, 15) is 0 Å². The van der Waals surface area contributed by atoms with Crippen LogP contribution < -0.4 is 14.8 Å². The van der Waals surface area contributed by atoms with Gasteiger partial charge in [0.2, 0.25) is 0 Å². The van der Waals surface area contributed by atoms with E-state index < -0.39 is 0 Å². The number of rotatable bonds is 5. The Labute approximate surface area is 127 Å². The van der Waals surface area contributed by atoms with Crippen LogP contribution in [-0.4, -0.2) is 44.8 Å². The van der Waals surface area contributed by atoms with Crippen molar-refractivity contribution < 1.29 is 9.47 Å². The van der Waals surface area contributed by atoms with Gasteiger partial charge in [-0.25, -0.2) is 0 Å². The smallest absolute Gasteiger partial charge is 0.127 e. The second-order valence-electron chi connectivity index (χ2n) is 6.16. The Balaban J connectivity index is 1.69. The molecule has 2 fully saturated rings. The van der Waals surface area contributed by atoms with Crippen LogP contribution in [0.5, 0.6) is 11.5 Å². The van der Waals surface area contributed by atoms with E-state index >= 15 is 0 Å². The summed E-state index contributed by atoms with van der Waals surface area (Å²) in [7, 11) is 3.42. The molecule has 1 heterocycles. The van der Waals surface area contributed by atoms with Gasteiger partial charge in [0.1, 0.15) is 11.5 Å². The summed E-state index contributed by atoms with van der Waals surface area (Å²) in [6, 6.07) is 6.80. The van der Waals surface area contributed by atoms with Gasteiger partial charge in [0, 0.05) is 30.8 Å². The lowest BCUT2D eigenvalue weighted by atomic mass is 10.1. The highest BCUT2D eigenvalue weighted by Gasteiger charge is 2.33. The van der Waals surface area contributed by atoms with E-state index in [-0.39, 0.29) is 0 Å². The lowest BCUT2D eigenvalue weighted by molar-refractivity contribution is 0.247. The van der Waals surface area contributed by atoms with E-state index in [2.05, 4.69) is 16.3 Å². The first-order valence-electron chi connectivity index (χ1n) is 7.97. The number of hydrogen-bond acceptors (Lipinski definition) is 4. The monoisotopic (exact) mass is 290 g/mol. The van der Waals surface area contributed by atoms with Gasteiger partial charge in [-0.1, -0.05) is 6.07 Å². The van der Waals surface area contributed by atoms with E-state index in [1.165, 1.54) is 24.8 Å². The second-order valence-corrected chi connectivity index (χ2v) is 6.16. The third-order valence-corrected chi connectivity index (χ3v) is 4.59. The van der Waals surface area contributed by atoms with E-state index in [4.69, 9.17) is 9.47 Å².